The predicted octanol–water partition coefficient (Wildman–Crippen LogP) is 4.50. The Morgan fingerprint density at radius 1 is 1.30 bits per heavy atom. The second-order valence-electron chi connectivity index (χ2n) is 9.69. The first-order chi connectivity index (χ1) is 15.7. The van der Waals surface area contributed by atoms with E-state index < -0.39 is 11.5 Å². The van der Waals surface area contributed by atoms with Gasteiger partial charge >= 0.3 is 5.97 Å². The van der Waals surface area contributed by atoms with Gasteiger partial charge in [0.15, 0.2) is 0 Å². The summed E-state index contributed by atoms with van der Waals surface area (Å²) in [5, 5.41) is 11.0. The number of hydrogen-bond acceptors (Lipinski definition) is 5. The van der Waals surface area contributed by atoms with Crippen molar-refractivity contribution in [2.75, 3.05) is 12.4 Å². The third kappa shape index (κ3) is 4.58. The van der Waals surface area contributed by atoms with E-state index in [-0.39, 0.29) is 17.5 Å². The molecular weight excluding hydrogens is 416 g/mol. The molecule has 2 aliphatic rings. The molecule has 0 saturated carbocycles. The summed E-state index contributed by atoms with van der Waals surface area (Å²) in [7, 11) is 1.35. The Morgan fingerprint density at radius 2 is 2.06 bits per heavy atom. The fourth-order valence-electron chi connectivity index (χ4n) is 4.77. The molecule has 2 N–H and O–H groups in total. The number of nitrogens with one attached hydrogen (secondary N) is 2. The Balaban J connectivity index is 1.62. The lowest BCUT2D eigenvalue weighted by Gasteiger charge is -2.38. The highest BCUT2D eigenvalue weighted by atomic mass is 16.5. The van der Waals surface area contributed by atoms with Gasteiger partial charge in [-0.2, -0.15) is 5.10 Å². The van der Waals surface area contributed by atoms with Gasteiger partial charge < -0.3 is 15.4 Å². The molecule has 174 valence electrons. The SMILES string of the molecule is COC(=O)C(C)(CC1=CC=CCC1)NC(=O)c1cnn2c1NC(c1ccccc1)CC2(C)C. The van der Waals surface area contributed by atoms with Crippen LogP contribution in [0.2, 0.25) is 0 Å². The molecule has 1 aromatic carbocycles. The van der Waals surface area contributed by atoms with Crippen molar-refractivity contribution in [3.63, 3.8) is 0 Å². The van der Waals surface area contributed by atoms with Gasteiger partial charge in [-0.15, -0.1) is 0 Å². The molecule has 2 aromatic rings. The third-order valence-electron chi connectivity index (χ3n) is 6.51. The van der Waals surface area contributed by atoms with Crippen LogP contribution in [0.5, 0.6) is 0 Å². The maximum absolute atomic E-state index is 13.5. The van der Waals surface area contributed by atoms with Gasteiger partial charge in [-0.05, 0) is 45.6 Å². The minimum atomic E-state index is -1.18. The number of amides is 1. The van der Waals surface area contributed by atoms with Gasteiger partial charge in [-0.3, -0.25) is 4.79 Å². The standard InChI is InChI=1S/C26H32N4O3/c1-25(2)16-21(19-13-9-6-10-14-19)28-22-20(17-27-30(22)25)23(31)29-26(3,24(32)33-4)15-18-11-7-5-8-12-18/h5-7,9-11,13-14,17,21,28H,8,12,15-16H2,1-4H3,(H,29,31). The van der Waals surface area contributed by atoms with Crippen LogP contribution in [0, 0.1) is 0 Å². The first-order valence-electron chi connectivity index (χ1n) is 11.4. The van der Waals surface area contributed by atoms with Gasteiger partial charge in [-0.1, -0.05) is 54.1 Å². The summed E-state index contributed by atoms with van der Waals surface area (Å²) in [6, 6.07) is 10.2. The van der Waals surface area contributed by atoms with E-state index in [0.29, 0.717) is 17.8 Å². The Morgan fingerprint density at radius 3 is 2.73 bits per heavy atom. The molecule has 0 spiro atoms. The summed E-state index contributed by atoms with van der Waals surface area (Å²) in [6.45, 7) is 5.95. The molecule has 1 aliphatic carbocycles. The van der Waals surface area contributed by atoms with Crippen LogP contribution in [-0.2, 0) is 15.1 Å². The zero-order valence-electron chi connectivity index (χ0n) is 19.7. The maximum atomic E-state index is 13.5. The number of esters is 1. The Hall–Kier alpha value is -3.35. The molecule has 4 rings (SSSR count). The molecule has 0 bridgehead atoms. The van der Waals surface area contributed by atoms with E-state index in [1.54, 1.807) is 13.1 Å². The van der Waals surface area contributed by atoms with Crippen molar-refractivity contribution in [3.05, 3.63) is 71.5 Å². The van der Waals surface area contributed by atoms with Crippen molar-refractivity contribution >= 4 is 17.7 Å². The van der Waals surface area contributed by atoms with Crippen LogP contribution in [0.15, 0.2) is 60.3 Å². The summed E-state index contributed by atoms with van der Waals surface area (Å²) in [5.41, 5.74) is 1.20. The summed E-state index contributed by atoms with van der Waals surface area (Å²) < 4.78 is 6.93. The monoisotopic (exact) mass is 448 g/mol. The number of carbonyl (C=O) groups is 2. The van der Waals surface area contributed by atoms with E-state index in [1.165, 1.54) is 7.11 Å². The number of anilines is 1. The van der Waals surface area contributed by atoms with Gasteiger partial charge in [0.05, 0.1) is 24.9 Å². The molecule has 2 unspecified atom stereocenters. The zero-order valence-corrected chi connectivity index (χ0v) is 19.7. The van der Waals surface area contributed by atoms with Crippen molar-refractivity contribution in [1.29, 1.82) is 0 Å². The van der Waals surface area contributed by atoms with Crippen LogP contribution >= 0.6 is 0 Å². The second kappa shape index (κ2) is 8.89. The van der Waals surface area contributed by atoms with E-state index in [4.69, 9.17) is 4.74 Å². The van der Waals surface area contributed by atoms with E-state index in [1.807, 2.05) is 35.0 Å². The lowest BCUT2D eigenvalue weighted by molar-refractivity contribution is -0.147. The Bertz CT molecular complexity index is 1100. The van der Waals surface area contributed by atoms with Gasteiger partial charge in [0.1, 0.15) is 16.9 Å². The van der Waals surface area contributed by atoms with Crippen LogP contribution in [0.3, 0.4) is 0 Å². The smallest absolute Gasteiger partial charge is 0.331 e. The fraction of sp³-hybridized carbons (Fsp3) is 0.423. The third-order valence-corrected chi connectivity index (χ3v) is 6.51. The molecule has 0 radical (unpaired) electrons. The van der Waals surface area contributed by atoms with Crippen molar-refractivity contribution in [2.24, 2.45) is 0 Å². The summed E-state index contributed by atoms with van der Waals surface area (Å²) >= 11 is 0. The first kappa shape index (κ1) is 22.8. The number of nitrogens with zero attached hydrogens (tertiary/aromatic N) is 2. The number of aromatic nitrogens is 2. The van der Waals surface area contributed by atoms with Gasteiger partial charge in [0, 0.05) is 6.42 Å². The molecular formula is C26H32N4O3. The van der Waals surface area contributed by atoms with Gasteiger partial charge in [-0.25, -0.2) is 9.48 Å². The molecule has 0 saturated heterocycles. The number of rotatable bonds is 6. The lowest BCUT2D eigenvalue weighted by atomic mass is 9.88. The van der Waals surface area contributed by atoms with Crippen LogP contribution in [0.4, 0.5) is 5.82 Å². The summed E-state index contributed by atoms with van der Waals surface area (Å²) in [6.07, 6.45) is 10.7. The molecule has 1 aromatic heterocycles. The highest BCUT2D eigenvalue weighted by Crippen LogP contribution is 2.40. The minimum absolute atomic E-state index is 0.0446. The highest BCUT2D eigenvalue weighted by Gasteiger charge is 2.40. The zero-order chi connectivity index (χ0) is 23.6. The van der Waals surface area contributed by atoms with Crippen molar-refractivity contribution in [3.8, 4) is 0 Å². The predicted molar refractivity (Wildman–Crippen MR) is 128 cm³/mol. The van der Waals surface area contributed by atoms with Gasteiger partial charge in [0.25, 0.3) is 5.91 Å². The van der Waals surface area contributed by atoms with Crippen molar-refractivity contribution < 1.29 is 14.3 Å². The molecule has 2 atom stereocenters. The normalized spacial score (nSPS) is 20.6. The number of methoxy groups -OCH3 is 1. The molecule has 0 fully saturated rings. The Labute approximate surface area is 194 Å². The van der Waals surface area contributed by atoms with E-state index in [0.717, 1.165) is 30.4 Å². The number of ether oxygens (including phenoxy) is 1. The molecule has 1 amide bonds. The van der Waals surface area contributed by atoms with Crippen molar-refractivity contribution in [1.82, 2.24) is 15.1 Å². The largest absolute Gasteiger partial charge is 0.467 e. The van der Waals surface area contributed by atoms with E-state index >= 15 is 0 Å². The molecule has 33 heavy (non-hydrogen) atoms. The maximum Gasteiger partial charge on any atom is 0.331 e. The number of allylic oxidation sites excluding steroid dienone is 3. The number of benzene rings is 1. The first-order valence-corrected chi connectivity index (χ1v) is 11.4. The van der Waals surface area contributed by atoms with Crippen LogP contribution in [0.25, 0.3) is 0 Å². The van der Waals surface area contributed by atoms with Crippen molar-refractivity contribution in [2.45, 2.75) is 63.6 Å². The van der Waals surface area contributed by atoms with E-state index in [2.05, 4.69) is 47.8 Å². The number of carbonyl (C=O) groups excluding carboxylic acids is 2. The van der Waals surface area contributed by atoms with Crippen LogP contribution in [0.1, 0.15) is 68.4 Å². The average molecular weight is 449 g/mol. The van der Waals surface area contributed by atoms with Gasteiger partial charge in [0.2, 0.25) is 0 Å². The highest BCUT2D eigenvalue weighted by molar-refractivity contribution is 6.01. The molecule has 7 nitrogen and oxygen atoms in total. The molecule has 2 heterocycles. The number of fused-ring (bicyclic) bond motifs is 1. The fourth-order valence-corrected chi connectivity index (χ4v) is 4.77. The quantitative estimate of drug-likeness (QED) is 0.636. The number of hydrogen-bond donors (Lipinski definition) is 2. The minimum Gasteiger partial charge on any atom is -0.467 e. The topological polar surface area (TPSA) is 85.2 Å². The van der Waals surface area contributed by atoms with E-state index in [9.17, 15) is 9.59 Å². The Kier molecular flexibility index (Phi) is 6.15. The lowest BCUT2D eigenvalue weighted by Crippen LogP contribution is -2.53. The van der Waals surface area contributed by atoms with Crippen LogP contribution in [-0.4, -0.2) is 34.3 Å². The summed E-state index contributed by atoms with van der Waals surface area (Å²) in [5.74, 6) is -0.166. The molecule has 7 heteroatoms. The molecule has 1 aliphatic heterocycles. The van der Waals surface area contributed by atoms with Crippen LogP contribution < -0.4 is 10.6 Å². The second-order valence-corrected chi connectivity index (χ2v) is 9.69. The average Bonchev–Trinajstić information content (AvgIpc) is 3.24. The summed E-state index contributed by atoms with van der Waals surface area (Å²) in [4.78, 5) is 26.2.